The first-order valence-electron chi connectivity index (χ1n) is 8.20. The van der Waals surface area contributed by atoms with Gasteiger partial charge in [0.05, 0.1) is 0 Å². The predicted molar refractivity (Wildman–Crippen MR) is 83.0 cm³/mol. The number of carbonyl (C=O) groups is 1. The van der Waals surface area contributed by atoms with Crippen LogP contribution in [0, 0.1) is 11.8 Å². The lowest BCUT2D eigenvalue weighted by Crippen LogP contribution is -2.39. The van der Waals surface area contributed by atoms with E-state index in [1.54, 1.807) is 0 Å². The van der Waals surface area contributed by atoms with E-state index in [-0.39, 0.29) is 0 Å². The average Bonchev–Trinajstić information content (AvgIpc) is 3.02. The molecule has 1 aromatic carbocycles. The van der Waals surface area contributed by atoms with Crippen molar-refractivity contribution in [3.63, 3.8) is 0 Å². The van der Waals surface area contributed by atoms with Crippen molar-refractivity contribution in [3.05, 3.63) is 35.9 Å². The second-order valence-corrected chi connectivity index (χ2v) is 6.45. The van der Waals surface area contributed by atoms with E-state index in [4.69, 9.17) is 4.74 Å². The highest BCUT2D eigenvalue weighted by Gasteiger charge is 2.26. The Kier molecular flexibility index (Phi) is 4.91. The Labute approximate surface area is 127 Å². The summed E-state index contributed by atoms with van der Waals surface area (Å²) >= 11 is 0. The highest BCUT2D eigenvalue weighted by Crippen LogP contribution is 2.24. The molecule has 0 aliphatic carbocycles. The van der Waals surface area contributed by atoms with Gasteiger partial charge in [-0.1, -0.05) is 30.3 Å². The van der Waals surface area contributed by atoms with E-state index < -0.39 is 0 Å². The van der Waals surface area contributed by atoms with E-state index in [1.165, 1.54) is 5.56 Å². The van der Waals surface area contributed by atoms with Crippen molar-refractivity contribution in [1.82, 2.24) is 4.90 Å². The fourth-order valence-corrected chi connectivity index (χ4v) is 3.45. The van der Waals surface area contributed by atoms with Crippen molar-refractivity contribution in [2.24, 2.45) is 11.8 Å². The Morgan fingerprint density at radius 1 is 1.10 bits per heavy atom. The van der Waals surface area contributed by atoms with E-state index in [2.05, 4.69) is 35.2 Å². The minimum absolute atomic E-state index is 0.337. The highest BCUT2D eigenvalue weighted by molar-refractivity contribution is 5.76. The van der Waals surface area contributed by atoms with E-state index in [0.717, 1.165) is 57.9 Å². The zero-order valence-corrected chi connectivity index (χ0v) is 12.7. The molecule has 1 aromatic rings. The lowest BCUT2D eigenvalue weighted by Gasteiger charge is -2.32. The third kappa shape index (κ3) is 4.07. The molecule has 2 saturated heterocycles. The maximum absolute atomic E-state index is 12.3. The summed E-state index contributed by atoms with van der Waals surface area (Å²) in [5.74, 6) is 1.52. The summed E-state index contributed by atoms with van der Waals surface area (Å²) in [7, 11) is 0. The van der Waals surface area contributed by atoms with Gasteiger partial charge in [0.15, 0.2) is 0 Å². The molecule has 0 N–H and O–H groups in total. The number of ether oxygens (including phenoxy) is 1. The van der Waals surface area contributed by atoms with E-state index >= 15 is 0 Å². The van der Waals surface area contributed by atoms with E-state index in [9.17, 15) is 4.79 Å². The van der Waals surface area contributed by atoms with Crippen LogP contribution in [0.15, 0.2) is 30.3 Å². The molecule has 0 saturated carbocycles. The summed E-state index contributed by atoms with van der Waals surface area (Å²) in [5.41, 5.74) is 1.42. The number of nitrogens with zero attached hydrogens (tertiary/aromatic N) is 1. The molecule has 21 heavy (non-hydrogen) atoms. The largest absolute Gasteiger partial charge is 0.381 e. The first kappa shape index (κ1) is 14.6. The van der Waals surface area contributed by atoms with Crippen molar-refractivity contribution < 1.29 is 9.53 Å². The van der Waals surface area contributed by atoms with Gasteiger partial charge in [0.25, 0.3) is 0 Å². The molecule has 0 aromatic heterocycles. The summed E-state index contributed by atoms with van der Waals surface area (Å²) in [6.07, 6.45) is 5.17. The monoisotopic (exact) mass is 287 g/mol. The molecule has 114 valence electrons. The molecule has 2 aliphatic heterocycles. The molecule has 2 fully saturated rings. The topological polar surface area (TPSA) is 29.5 Å². The lowest BCUT2D eigenvalue weighted by atomic mass is 9.90. The summed E-state index contributed by atoms with van der Waals surface area (Å²) in [4.78, 5) is 14.4. The molecule has 3 heteroatoms. The third-order valence-corrected chi connectivity index (χ3v) is 4.82. The van der Waals surface area contributed by atoms with Crippen molar-refractivity contribution >= 4 is 5.91 Å². The Balaban J connectivity index is 1.43. The first-order chi connectivity index (χ1) is 10.3. The Morgan fingerprint density at radius 2 is 1.86 bits per heavy atom. The van der Waals surface area contributed by atoms with Gasteiger partial charge in [0.1, 0.15) is 0 Å². The molecule has 0 radical (unpaired) electrons. The van der Waals surface area contributed by atoms with Crippen LogP contribution in [0.4, 0.5) is 0 Å². The number of amides is 1. The standard InChI is InChI=1S/C18H25NO2/c20-18(13-17-8-11-21-14-17)19-9-6-16(7-10-19)12-15-4-2-1-3-5-15/h1-5,16-17H,6-14H2/t17-/m1/s1. The number of benzene rings is 1. The van der Waals surface area contributed by atoms with Gasteiger partial charge in [-0.2, -0.15) is 0 Å². The van der Waals surface area contributed by atoms with Crippen LogP contribution >= 0.6 is 0 Å². The van der Waals surface area contributed by atoms with Gasteiger partial charge < -0.3 is 9.64 Å². The molecule has 3 nitrogen and oxygen atoms in total. The minimum Gasteiger partial charge on any atom is -0.381 e. The average molecular weight is 287 g/mol. The zero-order chi connectivity index (χ0) is 14.5. The van der Waals surface area contributed by atoms with Gasteiger partial charge in [-0.05, 0) is 43.1 Å². The summed E-state index contributed by atoms with van der Waals surface area (Å²) < 4.78 is 5.36. The quantitative estimate of drug-likeness (QED) is 0.852. The molecule has 3 rings (SSSR count). The molecule has 1 amide bonds. The van der Waals surface area contributed by atoms with Crippen LogP contribution in [-0.4, -0.2) is 37.1 Å². The molecule has 2 aliphatic rings. The van der Waals surface area contributed by atoms with Crippen molar-refractivity contribution in [3.8, 4) is 0 Å². The van der Waals surface area contributed by atoms with Gasteiger partial charge in [0, 0.05) is 32.7 Å². The Hall–Kier alpha value is -1.35. The summed E-state index contributed by atoms with van der Waals surface area (Å²) in [6, 6.07) is 10.7. The molecular weight excluding hydrogens is 262 g/mol. The Morgan fingerprint density at radius 3 is 2.52 bits per heavy atom. The van der Waals surface area contributed by atoms with Gasteiger partial charge in [-0.25, -0.2) is 0 Å². The number of carbonyl (C=O) groups excluding carboxylic acids is 1. The lowest BCUT2D eigenvalue weighted by molar-refractivity contribution is -0.133. The van der Waals surface area contributed by atoms with Crippen LogP contribution in [-0.2, 0) is 16.0 Å². The molecule has 2 heterocycles. The smallest absolute Gasteiger partial charge is 0.222 e. The second kappa shape index (κ2) is 7.08. The maximum atomic E-state index is 12.3. The predicted octanol–water partition coefficient (Wildman–Crippen LogP) is 2.89. The van der Waals surface area contributed by atoms with Crippen LogP contribution in [0.2, 0.25) is 0 Å². The normalized spacial score (nSPS) is 23.4. The number of likely N-dealkylation sites (tertiary alicyclic amines) is 1. The first-order valence-corrected chi connectivity index (χ1v) is 8.20. The molecule has 0 unspecified atom stereocenters. The van der Waals surface area contributed by atoms with Crippen molar-refractivity contribution in [2.45, 2.75) is 32.1 Å². The third-order valence-electron chi connectivity index (χ3n) is 4.82. The maximum Gasteiger partial charge on any atom is 0.222 e. The molecular formula is C18H25NO2. The van der Waals surface area contributed by atoms with E-state index in [1.807, 2.05) is 0 Å². The van der Waals surface area contributed by atoms with E-state index in [0.29, 0.717) is 18.2 Å². The van der Waals surface area contributed by atoms with Crippen LogP contribution in [0.25, 0.3) is 0 Å². The molecule has 0 bridgehead atoms. The zero-order valence-electron chi connectivity index (χ0n) is 12.7. The van der Waals surface area contributed by atoms with Crippen LogP contribution in [0.3, 0.4) is 0 Å². The number of hydrogen-bond acceptors (Lipinski definition) is 2. The number of hydrogen-bond donors (Lipinski definition) is 0. The van der Waals surface area contributed by atoms with Crippen molar-refractivity contribution in [2.75, 3.05) is 26.3 Å². The summed E-state index contributed by atoms with van der Waals surface area (Å²) in [6.45, 7) is 3.47. The fourth-order valence-electron chi connectivity index (χ4n) is 3.45. The van der Waals surface area contributed by atoms with Gasteiger partial charge >= 0.3 is 0 Å². The highest BCUT2D eigenvalue weighted by atomic mass is 16.5. The van der Waals surface area contributed by atoms with Gasteiger partial charge in [-0.3, -0.25) is 4.79 Å². The minimum atomic E-state index is 0.337. The second-order valence-electron chi connectivity index (χ2n) is 6.45. The Bertz CT molecular complexity index is 446. The van der Waals surface area contributed by atoms with Crippen molar-refractivity contribution in [1.29, 1.82) is 0 Å². The van der Waals surface area contributed by atoms with Gasteiger partial charge in [0.2, 0.25) is 5.91 Å². The molecule has 1 atom stereocenters. The number of piperidine rings is 1. The SMILES string of the molecule is O=C(C[C@H]1CCOC1)N1CCC(Cc2ccccc2)CC1. The van der Waals surface area contributed by atoms with Crippen LogP contribution in [0.5, 0.6) is 0 Å². The number of rotatable bonds is 4. The van der Waals surface area contributed by atoms with Crippen LogP contribution < -0.4 is 0 Å². The molecule has 0 spiro atoms. The van der Waals surface area contributed by atoms with Gasteiger partial charge in [-0.15, -0.1) is 0 Å². The van der Waals surface area contributed by atoms with Crippen LogP contribution in [0.1, 0.15) is 31.2 Å². The fraction of sp³-hybridized carbons (Fsp3) is 0.611. The summed E-state index contributed by atoms with van der Waals surface area (Å²) in [5, 5.41) is 0.